The van der Waals surface area contributed by atoms with Crippen molar-refractivity contribution in [1.29, 1.82) is 0 Å². The predicted octanol–water partition coefficient (Wildman–Crippen LogP) is 0.760. The summed E-state index contributed by atoms with van der Waals surface area (Å²) in [7, 11) is 0. The van der Waals surface area contributed by atoms with Gasteiger partial charge in [0, 0.05) is 13.1 Å². The molecular weight excluding hydrogens is 228 g/mol. The number of hydrogen-bond donors (Lipinski definition) is 3. The van der Waals surface area contributed by atoms with E-state index in [-0.39, 0.29) is 18.5 Å². The monoisotopic (exact) mass is 248 g/mol. The van der Waals surface area contributed by atoms with Gasteiger partial charge in [0.1, 0.15) is 6.04 Å². The molecule has 0 bridgehead atoms. The van der Waals surface area contributed by atoms with Crippen LogP contribution in [0.5, 0.6) is 0 Å². The van der Waals surface area contributed by atoms with Gasteiger partial charge in [-0.05, 0) is 31.4 Å². The summed E-state index contributed by atoms with van der Waals surface area (Å²) in [6.45, 7) is 4.41. The molecule has 1 atom stereocenters. The Kier molecular flexibility index (Phi) is 3.68. The Morgan fingerprint density at radius 3 is 2.94 bits per heavy atom. The number of nitrogens with one attached hydrogen (secondary N) is 2. The lowest BCUT2D eigenvalue weighted by Gasteiger charge is -2.27. The first kappa shape index (κ1) is 13.1. The molecule has 0 aromatic heterocycles. The minimum Gasteiger partial charge on any atom is -0.389 e. The number of benzene rings is 1. The van der Waals surface area contributed by atoms with E-state index in [1.54, 1.807) is 13.8 Å². The van der Waals surface area contributed by atoms with E-state index in [9.17, 15) is 9.90 Å². The van der Waals surface area contributed by atoms with Crippen LogP contribution >= 0.6 is 0 Å². The van der Waals surface area contributed by atoms with Gasteiger partial charge in [-0.1, -0.05) is 24.3 Å². The molecule has 0 spiro atoms. The number of aliphatic hydroxyl groups is 1. The van der Waals surface area contributed by atoms with Crippen molar-refractivity contribution in [2.45, 2.75) is 31.9 Å². The van der Waals surface area contributed by atoms with Crippen molar-refractivity contribution in [3.05, 3.63) is 35.4 Å². The zero-order valence-electron chi connectivity index (χ0n) is 10.9. The van der Waals surface area contributed by atoms with Crippen molar-refractivity contribution in [2.75, 3.05) is 13.1 Å². The fraction of sp³-hybridized carbons (Fsp3) is 0.500. The molecule has 4 nitrogen and oxygen atoms in total. The van der Waals surface area contributed by atoms with E-state index >= 15 is 0 Å². The van der Waals surface area contributed by atoms with Crippen LogP contribution in [0.25, 0.3) is 0 Å². The van der Waals surface area contributed by atoms with Gasteiger partial charge in [-0.3, -0.25) is 4.79 Å². The van der Waals surface area contributed by atoms with E-state index < -0.39 is 5.60 Å². The van der Waals surface area contributed by atoms with Gasteiger partial charge < -0.3 is 15.7 Å². The number of fused-ring (bicyclic) bond motifs is 1. The van der Waals surface area contributed by atoms with Gasteiger partial charge >= 0.3 is 0 Å². The topological polar surface area (TPSA) is 61.4 Å². The second kappa shape index (κ2) is 5.08. The molecule has 98 valence electrons. The highest BCUT2D eigenvalue weighted by Crippen LogP contribution is 2.22. The van der Waals surface area contributed by atoms with Crippen LogP contribution in [0, 0.1) is 0 Å². The van der Waals surface area contributed by atoms with Gasteiger partial charge in [-0.15, -0.1) is 0 Å². The molecule has 0 fully saturated rings. The highest BCUT2D eigenvalue weighted by molar-refractivity contribution is 5.84. The summed E-state index contributed by atoms with van der Waals surface area (Å²) in [5.74, 6) is -0.0794. The average molecular weight is 248 g/mol. The zero-order valence-corrected chi connectivity index (χ0v) is 10.9. The SMILES string of the molecule is CC(C)(O)CNC(=O)C1NCCc2ccccc21. The quantitative estimate of drug-likeness (QED) is 0.740. The third-order valence-electron chi connectivity index (χ3n) is 3.07. The highest BCUT2D eigenvalue weighted by atomic mass is 16.3. The summed E-state index contributed by atoms with van der Waals surface area (Å²) < 4.78 is 0. The van der Waals surface area contributed by atoms with Crippen molar-refractivity contribution in [3.63, 3.8) is 0 Å². The van der Waals surface area contributed by atoms with Crippen molar-refractivity contribution in [2.24, 2.45) is 0 Å². The Bertz CT molecular complexity index is 438. The number of carbonyl (C=O) groups excluding carboxylic acids is 1. The van der Waals surface area contributed by atoms with E-state index in [2.05, 4.69) is 16.7 Å². The third kappa shape index (κ3) is 3.09. The molecule has 0 aliphatic carbocycles. The Morgan fingerprint density at radius 1 is 1.50 bits per heavy atom. The zero-order chi connectivity index (χ0) is 13.2. The fourth-order valence-corrected chi connectivity index (χ4v) is 2.14. The van der Waals surface area contributed by atoms with E-state index in [0.717, 1.165) is 18.5 Å². The Morgan fingerprint density at radius 2 is 2.22 bits per heavy atom. The molecule has 3 N–H and O–H groups in total. The van der Waals surface area contributed by atoms with Crippen LogP contribution in [0.2, 0.25) is 0 Å². The molecule has 0 saturated heterocycles. The van der Waals surface area contributed by atoms with Crippen molar-refractivity contribution >= 4 is 5.91 Å². The first-order chi connectivity index (χ1) is 8.47. The van der Waals surface area contributed by atoms with Crippen molar-refractivity contribution in [1.82, 2.24) is 10.6 Å². The van der Waals surface area contributed by atoms with Crippen LogP contribution in [0.15, 0.2) is 24.3 Å². The lowest BCUT2D eigenvalue weighted by atomic mass is 9.94. The maximum atomic E-state index is 12.1. The smallest absolute Gasteiger partial charge is 0.241 e. The largest absolute Gasteiger partial charge is 0.389 e. The molecule has 1 unspecified atom stereocenters. The Balaban J connectivity index is 2.08. The number of rotatable bonds is 3. The second-order valence-electron chi connectivity index (χ2n) is 5.37. The minimum atomic E-state index is -0.885. The van der Waals surface area contributed by atoms with Crippen molar-refractivity contribution in [3.8, 4) is 0 Å². The Hall–Kier alpha value is -1.39. The maximum absolute atomic E-state index is 12.1. The molecule has 1 aliphatic heterocycles. The van der Waals surface area contributed by atoms with Crippen LogP contribution in [0.3, 0.4) is 0 Å². The fourth-order valence-electron chi connectivity index (χ4n) is 2.14. The number of hydrogen-bond acceptors (Lipinski definition) is 3. The van der Waals surface area contributed by atoms with Gasteiger partial charge in [-0.25, -0.2) is 0 Å². The van der Waals surface area contributed by atoms with Gasteiger partial charge in [0.05, 0.1) is 5.60 Å². The summed E-state index contributed by atoms with van der Waals surface area (Å²) in [5, 5.41) is 15.6. The van der Waals surface area contributed by atoms with E-state index in [4.69, 9.17) is 0 Å². The highest BCUT2D eigenvalue weighted by Gasteiger charge is 2.26. The maximum Gasteiger partial charge on any atom is 0.241 e. The summed E-state index contributed by atoms with van der Waals surface area (Å²) in [6.07, 6.45) is 0.950. The molecule has 1 aliphatic rings. The molecule has 1 aromatic rings. The minimum absolute atomic E-state index is 0.0794. The van der Waals surface area contributed by atoms with Gasteiger partial charge in [-0.2, -0.15) is 0 Å². The molecule has 2 rings (SSSR count). The first-order valence-electron chi connectivity index (χ1n) is 6.29. The molecular formula is C14H20N2O2. The van der Waals surface area contributed by atoms with Gasteiger partial charge in [0.25, 0.3) is 0 Å². The normalized spacial score (nSPS) is 19.2. The van der Waals surface area contributed by atoms with Gasteiger partial charge in [0.15, 0.2) is 0 Å². The molecule has 1 aromatic carbocycles. The molecule has 4 heteroatoms. The molecule has 0 saturated carbocycles. The standard InChI is InChI=1S/C14H20N2O2/c1-14(2,18)9-16-13(17)12-11-6-4-3-5-10(11)7-8-15-12/h3-6,12,15,18H,7-9H2,1-2H3,(H,16,17). The van der Waals surface area contributed by atoms with Crippen LogP contribution in [-0.4, -0.2) is 29.7 Å². The lowest BCUT2D eigenvalue weighted by molar-refractivity contribution is -0.124. The summed E-state index contributed by atoms with van der Waals surface area (Å²) in [6, 6.07) is 7.68. The first-order valence-corrected chi connectivity index (χ1v) is 6.29. The van der Waals surface area contributed by atoms with Crippen LogP contribution in [0.4, 0.5) is 0 Å². The van der Waals surface area contributed by atoms with Crippen LogP contribution < -0.4 is 10.6 Å². The van der Waals surface area contributed by atoms with E-state index in [1.165, 1.54) is 5.56 Å². The van der Waals surface area contributed by atoms with Crippen molar-refractivity contribution < 1.29 is 9.90 Å². The summed E-state index contributed by atoms with van der Waals surface area (Å²) in [5.41, 5.74) is 1.38. The lowest BCUT2D eigenvalue weighted by Crippen LogP contribution is -2.45. The number of carbonyl (C=O) groups is 1. The average Bonchev–Trinajstić information content (AvgIpc) is 2.34. The summed E-state index contributed by atoms with van der Waals surface area (Å²) in [4.78, 5) is 12.1. The molecule has 18 heavy (non-hydrogen) atoms. The van der Waals surface area contributed by atoms with Crippen LogP contribution in [-0.2, 0) is 11.2 Å². The summed E-state index contributed by atoms with van der Waals surface area (Å²) >= 11 is 0. The third-order valence-corrected chi connectivity index (χ3v) is 3.07. The molecule has 0 radical (unpaired) electrons. The predicted molar refractivity (Wildman–Crippen MR) is 70.2 cm³/mol. The number of amides is 1. The van der Waals surface area contributed by atoms with Crippen LogP contribution in [0.1, 0.15) is 31.0 Å². The second-order valence-corrected chi connectivity index (χ2v) is 5.37. The molecule has 1 amide bonds. The molecule has 1 heterocycles. The van der Waals surface area contributed by atoms with E-state index in [1.807, 2.05) is 18.2 Å². The Labute approximate surface area is 107 Å². The van der Waals surface area contributed by atoms with Gasteiger partial charge in [0.2, 0.25) is 5.91 Å². The van der Waals surface area contributed by atoms with E-state index in [0.29, 0.717) is 0 Å².